The van der Waals surface area contributed by atoms with Crippen LogP contribution in [0.5, 0.6) is 5.75 Å². The van der Waals surface area contributed by atoms with Crippen LogP contribution in [0.4, 0.5) is 19.0 Å². The summed E-state index contributed by atoms with van der Waals surface area (Å²) in [7, 11) is 0. The summed E-state index contributed by atoms with van der Waals surface area (Å²) in [6.45, 7) is 1.01. The van der Waals surface area contributed by atoms with Crippen molar-refractivity contribution >= 4 is 12.1 Å². The first-order valence-corrected chi connectivity index (χ1v) is 4.11. The van der Waals surface area contributed by atoms with Gasteiger partial charge in [0.05, 0.1) is 5.56 Å². The number of carbonyl (C=O) groups is 1. The van der Waals surface area contributed by atoms with Gasteiger partial charge in [0.15, 0.2) is 18.2 Å². The maximum atomic E-state index is 12.0. The van der Waals surface area contributed by atoms with Crippen LogP contribution in [0.15, 0.2) is 6.20 Å². The average molecular weight is 250 g/mol. The lowest BCUT2D eigenvalue weighted by molar-refractivity contribution is -0.390. The Morgan fingerprint density at radius 2 is 2.12 bits per heavy atom. The fraction of sp³-hybridized carbons (Fsp3) is 0.250. The van der Waals surface area contributed by atoms with Gasteiger partial charge in [-0.2, -0.15) is 0 Å². The molecule has 1 heterocycles. The topological polar surface area (TPSA) is 82.3 Å². The van der Waals surface area contributed by atoms with Gasteiger partial charge >= 0.3 is 12.2 Å². The molecule has 0 radical (unpaired) electrons. The van der Waals surface area contributed by atoms with E-state index >= 15 is 0 Å². The Balaban J connectivity index is 3.37. The second-order valence-corrected chi connectivity index (χ2v) is 2.91. The zero-order chi connectivity index (χ0) is 13.2. The van der Waals surface area contributed by atoms with Crippen LogP contribution in [0.3, 0.4) is 0 Å². The molecule has 0 unspecified atom stereocenters. The van der Waals surface area contributed by atoms with Gasteiger partial charge in [-0.05, 0) is 16.8 Å². The Morgan fingerprint density at radius 1 is 1.53 bits per heavy atom. The Bertz CT molecular complexity index is 473. The lowest BCUT2D eigenvalue weighted by Gasteiger charge is -2.11. The van der Waals surface area contributed by atoms with Crippen molar-refractivity contribution in [2.75, 3.05) is 0 Å². The summed E-state index contributed by atoms with van der Waals surface area (Å²) in [6, 6.07) is 0. The van der Waals surface area contributed by atoms with Crippen LogP contribution in [-0.4, -0.2) is 22.6 Å². The van der Waals surface area contributed by atoms with Gasteiger partial charge in [0.1, 0.15) is 5.56 Å². The van der Waals surface area contributed by atoms with E-state index in [0.29, 0.717) is 6.20 Å². The molecule has 9 heteroatoms. The molecule has 6 nitrogen and oxygen atoms in total. The molecule has 0 saturated heterocycles. The molecule has 0 saturated carbocycles. The van der Waals surface area contributed by atoms with Gasteiger partial charge in [-0.1, -0.05) is 0 Å². The number of halogens is 3. The SMILES string of the molecule is Cc1c([N+](=O)[O-])ncc(C=O)c1OC(F)(F)F. The van der Waals surface area contributed by atoms with Crippen molar-refractivity contribution in [2.45, 2.75) is 13.3 Å². The van der Waals surface area contributed by atoms with E-state index in [-0.39, 0.29) is 6.29 Å². The zero-order valence-electron chi connectivity index (χ0n) is 8.32. The Kier molecular flexibility index (Phi) is 3.30. The summed E-state index contributed by atoms with van der Waals surface area (Å²) >= 11 is 0. The second kappa shape index (κ2) is 4.36. The van der Waals surface area contributed by atoms with Gasteiger partial charge in [-0.25, -0.2) is 0 Å². The molecular formula is C8H5F3N2O4. The predicted octanol–water partition coefficient (Wildman–Crippen LogP) is 2.01. The van der Waals surface area contributed by atoms with Crippen molar-refractivity contribution in [3.8, 4) is 5.75 Å². The summed E-state index contributed by atoms with van der Waals surface area (Å²) in [5.41, 5.74) is -0.970. The largest absolute Gasteiger partial charge is 0.573 e. The zero-order valence-corrected chi connectivity index (χ0v) is 8.32. The van der Waals surface area contributed by atoms with Gasteiger partial charge < -0.3 is 14.9 Å². The van der Waals surface area contributed by atoms with Crippen LogP contribution >= 0.6 is 0 Å². The Morgan fingerprint density at radius 3 is 2.53 bits per heavy atom. The highest BCUT2D eigenvalue weighted by molar-refractivity contribution is 5.80. The van der Waals surface area contributed by atoms with E-state index in [9.17, 15) is 28.1 Å². The molecule has 1 rings (SSSR count). The normalized spacial score (nSPS) is 11.1. The molecule has 0 N–H and O–H groups in total. The number of carbonyl (C=O) groups excluding carboxylic acids is 1. The highest BCUT2D eigenvalue weighted by Crippen LogP contribution is 2.32. The first-order valence-electron chi connectivity index (χ1n) is 4.11. The number of alkyl halides is 3. The van der Waals surface area contributed by atoms with E-state index in [1.54, 1.807) is 0 Å². The number of nitro groups is 1. The number of aromatic nitrogens is 1. The third kappa shape index (κ3) is 2.89. The molecule has 1 aromatic heterocycles. The second-order valence-electron chi connectivity index (χ2n) is 2.91. The van der Waals surface area contributed by atoms with Gasteiger partial charge in [0, 0.05) is 0 Å². The number of aldehydes is 1. The van der Waals surface area contributed by atoms with Crippen molar-refractivity contribution in [1.82, 2.24) is 4.98 Å². The minimum Gasteiger partial charge on any atom is -0.404 e. The molecule has 0 bridgehead atoms. The van der Waals surface area contributed by atoms with Gasteiger partial charge in [0.2, 0.25) is 0 Å². The van der Waals surface area contributed by atoms with Crippen molar-refractivity contribution in [3.05, 3.63) is 27.4 Å². The van der Waals surface area contributed by atoms with Crippen molar-refractivity contribution in [3.63, 3.8) is 0 Å². The first kappa shape index (κ1) is 12.9. The van der Waals surface area contributed by atoms with Crippen molar-refractivity contribution in [1.29, 1.82) is 0 Å². The molecule has 0 aromatic carbocycles. The number of hydrogen-bond donors (Lipinski definition) is 0. The molecule has 0 aliphatic carbocycles. The minimum atomic E-state index is -5.04. The summed E-state index contributed by atoms with van der Waals surface area (Å²) in [5, 5.41) is 10.5. The summed E-state index contributed by atoms with van der Waals surface area (Å²) in [4.78, 5) is 23.2. The Hall–Kier alpha value is -2.19. The third-order valence-corrected chi connectivity index (χ3v) is 1.78. The lowest BCUT2D eigenvalue weighted by atomic mass is 10.2. The van der Waals surface area contributed by atoms with Gasteiger partial charge in [0.25, 0.3) is 0 Å². The molecule has 0 aliphatic heterocycles. The molecule has 92 valence electrons. The van der Waals surface area contributed by atoms with E-state index in [4.69, 9.17) is 0 Å². The van der Waals surface area contributed by atoms with E-state index in [1.165, 1.54) is 0 Å². The number of hydrogen-bond acceptors (Lipinski definition) is 5. The Labute approximate surface area is 92.2 Å². The van der Waals surface area contributed by atoms with E-state index in [1.807, 2.05) is 0 Å². The quantitative estimate of drug-likeness (QED) is 0.465. The third-order valence-electron chi connectivity index (χ3n) is 1.78. The molecule has 0 spiro atoms. The maximum Gasteiger partial charge on any atom is 0.573 e. The van der Waals surface area contributed by atoms with Crippen molar-refractivity contribution in [2.24, 2.45) is 0 Å². The molecule has 1 aromatic rings. The van der Waals surface area contributed by atoms with E-state index < -0.39 is 34.0 Å². The first-order chi connectivity index (χ1) is 7.76. The smallest absolute Gasteiger partial charge is 0.404 e. The predicted molar refractivity (Wildman–Crippen MR) is 47.7 cm³/mol. The molecule has 17 heavy (non-hydrogen) atoms. The highest BCUT2D eigenvalue weighted by atomic mass is 19.4. The van der Waals surface area contributed by atoms with Crippen LogP contribution in [0, 0.1) is 17.0 Å². The van der Waals surface area contributed by atoms with Crippen LogP contribution in [0.25, 0.3) is 0 Å². The van der Waals surface area contributed by atoms with E-state index in [2.05, 4.69) is 9.72 Å². The van der Waals surface area contributed by atoms with Crippen LogP contribution in [0.1, 0.15) is 15.9 Å². The number of rotatable bonds is 3. The molecular weight excluding hydrogens is 245 g/mol. The molecule has 0 amide bonds. The van der Waals surface area contributed by atoms with Crippen molar-refractivity contribution < 1.29 is 27.6 Å². The summed E-state index contributed by atoms with van der Waals surface area (Å²) < 4.78 is 39.7. The van der Waals surface area contributed by atoms with Gasteiger partial charge in [-0.3, -0.25) is 4.79 Å². The molecule has 0 atom stereocenters. The standard InChI is InChI=1S/C8H5F3N2O4/c1-4-6(17-8(9,10)11)5(3-14)2-12-7(4)13(15)16/h2-3H,1H3. The maximum absolute atomic E-state index is 12.0. The summed E-state index contributed by atoms with van der Waals surface area (Å²) in [5.74, 6) is -1.70. The number of nitrogens with zero attached hydrogens (tertiary/aromatic N) is 2. The van der Waals surface area contributed by atoms with Crippen LogP contribution in [0.2, 0.25) is 0 Å². The van der Waals surface area contributed by atoms with E-state index in [0.717, 1.165) is 6.92 Å². The molecule has 0 fully saturated rings. The number of ether oxygens (including phenoxy) is 1. The van der Waals surface area contributed by atoms with Crippen LogP contribution in [-0.2, 0) is 0 Å². The lowest BCUT2D eigenvalue weighted by Crippen LogP contribution is -2.19. The fourth-order valence-corrected chi connectivity index (χ4v) is 1.12. The monoisotopic (exact) mass is 250 g/mol. The van der Waals surface area contributed by atoms with Gasteiger partial charge in [-0.15, -0.1) is 13.2 Å². The summed E-state index contributed by atoms with van der Waals surface area (Å²) in [6.07, 6.45) is -4.32. The average Bonchev–Trinajstić information content (AvgIpc) is 2.18. The minimum absolute atomic E-state index is 0.0742. The molecule has 0 aliphatic rings. The highest BCUT2D eigenvalue weighted by Gasteiger charge is 2.35. The van der Waals surface area contributed by atoms with Crippen LogP contribution < -0.4 is 4.74 Å². The number of pyridine rings is 1. The fourth-order valence-electron chi connectivity index (χ4n) is 1.12.